The van der Waals surface area contributed by atoms with E-state index >= 15 is 0 Å². The van der Waals surface area contributed by atoms with E-state index in [1.54, 1.807) is 6.20 Å². The fourth-order valence-electron chi connectivity index (χ4n) is 4.67. The molecule has 116 valence electrons. The number of fused-ring (bicyclic) bond motifs is 1. The van der Waals surface area contributed by atoms with E-state index in [9.17, 15) is 4.79 Å². The molecule has 4 heteroatoms. The number of nitrogens with zero attached hydrogens (tertiary/aromatic N) is 2. The van der Waals surface area contributed by atoms with Crippen LogP contribution in [-0.4, -0.2) is 22.6 Å². The molecule has 2 fully saturated rings. The minimum atomic E-state index is -0.277. The Bertz CT molecular complexity index is 521. The van der Waals surface area contributed by atoms with Gasteiger partial charge in [0.15, 0.2) is 0 Å². The average molecular weight is 290 g/mol. The molecule has 0 N–H and O–H groups in total. The minimum absolute atomic E-state index is 0.196. The van der Waals surface area contributed by atoms with Gasteiger partial charge < -0.3 is 9.30 Å². The van der Waals surface area contributed by atoms with Crippen LogP contribution in [-0.2, 0) is 4.74 Å². The number of aromatic nitrogens is 2. The molecular formula is C17H26N2O2. The van der Waals surface area contributed by atoms with Crippen molar-refractivity contribution in [3.8, 4) is 0 Å². The first-order chi connectivity index (χ1) is 10.0. The monoisotopic (exact) mass is 290 g/mol. The van der Waals surface area contributed by atoms with Crippen LogP contribution in [0.1, 0.15) is 68.9 Å². The maximum absolute atomic E-state index is 12.0. The lowest BCUT2D eigenvalue weighted by molar-refractivity contribution is 0.00976. The predicted molar refractivity (Wildman–Crippen MR) is 81.1 cm³/mol. The summed E-state index contributed by atoms with van der Waals surface area (Å²) in [5.41, 5.74) is 0.795. The summed E-state index contributed by atoms with van der Waals surface area (Å²) >= 11 is 0. The Balaban J connectivity index is 2.00. The van der Waals surface area contributed by atoms with E-state index in [0.29, 0.717) is 17.7 Å². The second kappa shape index (κ2) is 5.47. The molecule has 2 aliphatic rings. The van der Waals surface area contributed by atoms with Crippen molar-refractivity contribution in [3.05, 3.63) is 18.2 Å². The Morgan fingerprint density at radius 3 is 2.86 bits per heavy atom. The summed E-state index contributed by atoms with van der Waals surface area (Å²) in [6, 6.07) is 0.355. The summed E-state index contributed by atoms with van der Waals surface area (Å²) < 4.78 is 7.04. The maximum atomic E-state index is 12.0. The Morgan fingerprint density at radius 2 is 2.10 bits per heavy atom. The Hall–Kier alpha value is -1.32. The Kier molecular flexibility index (Phi) is 3.80. The van der Waals surface area contributed by atoms with Gasteiger partial charge >= 0.3 is 5.97 Å². The zero-order valence-electron chi connectivity index (χ0n) is 13.3. The molecule has 0 aromatic carbocycles. The SMILES string of the molecule is COC(=O)c1cncn1C1C2CCCCC2CCC1(C)C. The van der Waals surface area contributed by atoms with Gasteiger partial charge in [-0.05, 0) is 36.5 Å². The molecule has 2 aliphatic carbocycles. The Labute approximate surface area is 126 Å². The van der Waals surface area contributed by atoms with Crippen molar-refractivity contribution < 1.29 is 9.53 Å². The van der Waals surface area contributed by atoms with Crippen LogP contribution < -0.4 is 0 Å². The first-order valence-corrected chi connectivity index (χ1v) is 8.15. The van der Waals surface area contributed by atoms with E-state index in [1.165, 1.54) is 45.6 Å². The third-order valence-corrected chi connectivity index (χ3v) is 5.69. The van der Waals surface area contributed by atoms with Gasteiger partial charge in [0.1, 0.15) is 5.69 Å². The highest BCUT2D eigenvalue weighted by molar-refractivity contribution is 5.87. The molecule has 2 saturated carbocycles. The molecule has 0 amide bonds. The van der Waals surface area contributed by atoms with E-state index in [-0.39, 0.29) is 11.4 Å². The molecule has 0 spiro atoms. The summed E-state index contributed by atoms with van der Waals surface area (Å²) in [4.78, 5) is 16.3. The highest BCUT2D eigenvalue weighted by atomic mass is 16.5. The van der Waals surface area contributed by atoms with Gasteiger partial charge in [0, 0.05) is 6.04 Å². The zero-order chi connectivity index (χ0) is 15.0. The van der Waals surface area contributed by atoms with E-state index in [2.05, 4.69) is 23.4 Å². The number of methoxy groups -OCH3 is 1. The highest BCUT2D eigenvalue weighted by Gasteiger charge is 2.46. The van der Waals surface area contributed by atoms with Crippen molar-refractivity contribution >= 4 is 5.97 Å². The molecule has 1 aromatic heterocycles. The summed E-state index contributed by atoms with van der Waals surface area (Å²) in [7, 11) is 1.44. The van der Waals surface area contributed by atoms with Crippen LogP contribution in [0.3, 0.4) is 0 Å². The van der Waals surface area contributed by atoms with Crippen molar-refractivity contribution in [2.75, 3.05) is 7.11 Å². The number of carbonyl (C=O) groups excluding carboxylic acids is 1. The van der Waals surface area contributed by atoms with Crippen LogP contribution in [0.2, 0.25) is 0 Å². The van der Waals surface area contributed by atoms with Crippen LogP contribution in [0.15, 0.2) is 12.5 Å². The molecule has 3 rings (SSSR count). The first-order valence-electron chi connectivity index (χ1n) is 8.15. The number of ether oxygens (including phenoxy) is 1. The average Bonchev–Trinajstić information content (AvgIpc) is 2.94. The summed E-state index contributed by atoms with van der Waals surface area (Å²) in [5.74, 6) is 1.20. The van der Waals surface area contributed by atoms with Crippen molar-refractivity contribution in [1.82, 2.24) is 9.55 Å². The van der Waals surface area contributed by atoms with Gasteiger partial charge in [-0.25, -0.2) is 9.78 Å². The number of carbonyl (C=O) groups is 1. The third-order valence-electron chi connectivity index (χ3n) is 5.69. The van der Waals surface area contributed by atoms with Gasteiger partial charge in [0.05, 0.1) is 19.6 Å². The first kappa shape index (κ1) is 14.6. The number of hydrogen-bond donors (Lipinski definition) is 0. The van der Waals surface area contributed by atoms with Crippen molar-refractivity contribution in [3.63, 3.8) is 0 Å². The zero-order valence-corrected chi connectivity index (χ0v) is 13.3. The lowest BCUT2D eigenvalue weighted by Gasteiger charge is -2.50. The lowest BCUT2D eigenvalue weighted by Crippen LogP contribution is -2.43. The van der Waals surface area contributed by atoms with Crippen LogP contribution in [0.4, 0.5) is 0 Å². The summed E-state index contributed by atoms with van der Waals surface area (Å²) in [5, 5.41) is 0. The topological polar surface area (TPSA) is 44.1 Å². The second-order valence-electron chi connectivity index (χ2n) is 7.36. The normalized spacial score (nSPS) is 31.5. The maximum Gasteiger partial charge on any atom is 0.356 e. The van der Waals surface area contributed by atoms with Gasteiger partial charge in [0.2, 0.25) is 0 Å². The highest BCUT2D eigenvalue weighted by Crippen LogP contribution is 2.54. The van der Waals surface area contributed by atoms with Crippen LogP contribution >= 0.6 is 0 Å². The minimum Gasteiger partial charge on any atom is -0.464 e. The van der Waals surface area contributed by atoms with Crippen LogP contribution in [0, 0.1) is 17.3 Å². The van der Waals surface area contributed by atoms with Gasteiger partial charge in [-0.3, -0.25) is 0 Å². The largest absolute Gasteiger partial charge is 0.464 e. The predicted octanol–water partition coefficient (Wildman–Crippen LogP) is 3.84. The van der Waals surface area contributed by atoms with Gasteiger partial charge in [-0.15, -0.1) is 0 Å². The van der Waals surface area contributed by atoms with E-state index in [4.69, 9.17) is 4.74 Å². The van der Waals surface area contributed by atoms with Crippen molar-refractivity contribution in [2.24, 2.45) is 17.3 Å². The van der Waals surface area contributed by atoms with Gasteiger partial charge in [-0.2, -0.15) is 0 Å². The standard InChI is InChI=1S/C17H26N2O2/c1-17(2)9-8-12-6-4-5-7-13(12)15(17)19-11-18-10-14(19)16(20)21-3/h10-13,15H,4-9H2,1-3H3. The van der Waals surface area contributed by atoms with E-state index in [0.717, 1.165) is 5.92 Å². The molecule has 0 saturated heterocycles. The fourth-order valence-corrected chi connectivity index (χ4v) is 4.67. The van der Waals surface area contributed by atoms with Gasteiger partial charge in [-0.1, -0.05) is 33.1 Å². The summed E-state index contributed by atoms with van der Waals surface area (Å²) in [6.45, 7) is 4.67. The molecular weight excluding hydrogens is 264 g/mol. The molecule has 0 aliphatic heterocycles. The molecule has 3 unspecified atom stereocenters. The number of esters is 1. The van der Waals surface area contributed by atoms with Crippen molar-refractivity contribution in [1.29, 1.82) is 0 Å². The molecule has 1 aromatic rings. The molecule has 4 nitrogen and oxygen atoms in total. The lowest BCUT2D eigenvalue weighted by atomic mass is 9.59. The quantitative estimate of drug-likeness (QED) is 0.777. The van der Waals surface area contributed by atoms with Gasteiger partial charge in [0.25, 0.3) is 0 Å². The van der Waals surface area contributed by atoms with Crippen molar-refractivity contribution in [2.45, 2.75) is 58.4 Å². The molecule has 0 radical (unpaired) electrons. The fraction of sp³-hybridized carbons (Fsp3) is 0.765. The number of hydrogen-bond acceptors (Lipinski definition) is 3. The second-order valence-corrected chi connectivity index (χ2v) is 7.36. The summed E-state index contributed by atoms with van der Waals surface area (Å²) in [6.07, 6.45) is 11.3. The molecule has 0 bridgehead atoms. The van der Waals surface area contributed by atoms with Crippen LogP contribution in [0.25, 0.3) is 0 Å². The van der Waals surface area contributed by atoms with Crippen LogP contribution in [0.5, 0.6) is 0 Å². The van der Waals surface area contributed by atoms with E-state index in [1.807, 2.05) is 6.33 Å². The Morgan fingerprint density at radius 1 is 1.33 bits per heavy atom. The molecule has 1 heterocycles. The smallest absolute Gasteiger partial charge is 0.356 e. The number of rotatable bonds is 2. The molecule has 21 heavy (non-hydrogen) atoms. The third kappa shape index (κ3) is 2.49. The molecule has 3 atom stereocenters. The number of imidazole rings is 1. The van der Waals surface area contributed by atoms with E-state index < -0.39 is 0 Å².